The quantitative estimate of drug-likeness (QED) is 0.215. The maximum Gasteiger partial charge on any atom is 0.0472 e. The molecule has 6 N–H and O–H groups in total. The lowest BCUT2D eigenvalue weighted by atomic mass is 9.42. The van der Waals surface area contributed by atoms with Gasteiger partial charge in [-0.25, -0.2) is 5.43 Å². The summed E-state index contributed by atoms with van der Waals surface area (Å²) in [6, 6.07) is 0.473. The Morgan fingerprint density at radius 3 is 2.58 bits per heavy atom. The predicted molar refractivity (Wildman–Crippen MR) is 75.9 cm³/mol. The van der Waals surface area contributed by atoms with Crippen LogP contribution in [0.4, 0.5) is 0 Å². The zero-order chi connectivity index (χ0) is 13.4. The first-order valence-electron chi connectivity index (χ1n) is 7.67. The topological polar surface area (TPSA) is 74.1 Å². The minimum atomic E-state index is 0.473. The Balaban J connectivity index is 1.75. The van der Waals surface area contributed by atoms with E-state index in [1.807, 2.05) is 0 Å². The summed E-state index contributed by atoms with van der Waals surface area (Å²) in [7, 11) is 0. The van der Waals surface area contributed by atoms with E-state index >= 15 is 0 Å². The van der Waals surface area contributed by atoms with Gasteiger partial charge in [0.1, 0.15) is 0 Å². The first kappa shape index (κ1) is 13.5. The van der Waals surface area contributed by atoms with Gasteiger partial charge in [0.15, 0.2) is 0 Å². The Bertz CT molecular complexity index is 367. The SMILES string of the molecule is CCCC1=C(C)CC2C3CCC3C2C1NNNNN. The monoisotopic (exact) mass is 265 g/mol. The van der Waals surface area contributed by atoms with Crippen LogP contribution in [0.1, 0.15) is 46.0 Å². The largest absolute Gasteiger partial charge is 0.257 e. The van der Waals surface area contributed by atoms with E-state index in [4.69, 9.17) is 5.84 Å². The van der Waals surface area contributed by atoms with Gasteiger partial charge in [-0.05, 0) is 56.3 Å². The summed E-state index contributed by atoms with van der Waals surface area (Å²) in [4.78, 5) is 0. The number of hydrazine groups is 4. The summed E-state index contributed by atoms with van der Waals surface area (Å²) < 4.78 is 0. The molecule has 5 atom stereocenters. The molecule has 108 valence electrons. The maximum absolute atomic E-state index is 5.23. The number of fused-ring (bicyclic) bond motifs is 4. The molecule has 3 aliphatic carbocycles. The number of allylic oxidation sites excluding steroid dienone is 1. The Hall–Kier alpha value is -0.460. The van der Waals surface area contributed by atoms with Crippen molar-refractivity contribution >= 4 is 0 Å². The molecule has 2 fully saturated rings. The molecule has 0 amide bonds. The molecule has 5 unspecified atom stereocenters. The summed E-state index contributed by atoms with van der Waals surface area (Å²) in [6.45, 7) is 4.60. The first-order valence-corrected chi connectivity index (χ1v) is 7.67. The highest BCUT2D eigenvalue weighted by atomic mass is 15.8. The highest BCUT2D eigenvalue weighted by Crippen LogP contribution is 2.63. The fraction of sp³-hybridized carbons (Fsp3) is 0.857. The molecule has 2 saturated carbocycles. The summed E-state index contributed by atoms with van der Waals surface area (Å²) in [5.74, 6) is 8.97. The first-order chi connectivity index (χ1) is 9.27. The van der Waals surface area contributed by atoms with Crippen molar-refractivity contribution in [1.29, 1.82) is 0 Å². The standard InChI is InChI=1S/C14H27N5/c1-3-4-9-8(2)7-12-10-5-6-11(10)13(12)14(9)16-18-19-17-15/h10-14,16-19H,3-7,15H2,1-2H3. The van der Waals surface area contributed by atoms with Crippen LogP contribution in [0.2, 0.25) is 0 Å². The van der Waals surface area contributed by atoms with Crippen LogP contribution in [0.25, 0.3) is 0 Å². The Labute approximate surface area is 115 Å². The van der Waals surface area contributed by atoms with Gasteiger partial charge in [0.2, 0.25) is 0 Å². The van der Waals surface area contributed by atoms with Crippen molar-refractivity contribution in [2.75, 3.05) is 0 Å². The summed E-state index contributed by atoms with van der Waals surface area (Å²) >= 11 is 0. The number of nitrogens with two attached hydrogens (primary N) is 1. The highest BCUT2D eigenvalue weighted by Gasteiger charge is 2.59. The average molecular weight is 265 g/mol. The average Bonchev–Trinajstić information content (AvgIpc) is 2.36. The summed E-state index contributed by atoms with van der Waals surface area (Å²) in [5.41, 5.74) is 14.8. The molecule has 0 saturated heterocycles. The molecule has 0 aromatic rings. The Morgan fingerprint density at radius 1 is 1.16 bits per heavy atom. The molecule has 0 aromatic heterocycles. The second-order valence-corrected chi connectivity index (χ2v) is 6.42. The van der Waals surface area contributed by atoms with Gasteiger partial charge in [-0.3, -0.25) is 5.84 Å². The third-order valence-corrected chi connectivity index (χ3v) is 5.65. The summed E-state index contributed by atoms with van der Waals surface area (Å²) in [6.07, 6.45) is 6.67. The van der Waals surface area contributed by atoms with Gasteiger partial charge in [-0.15, -0.1) is 0 Å². The lowest BCUT2D eigenvalue weighted by Crippen LogP contribution is -2.66. The lowest BCUT2D eigenvalue weighted by Gasteiger charge is -2.64. The highest BCUT2D eigenvalue weighted by molar-refractivity contribution is 5.29. The second kappa shape index (κ2) is 5.50. The fourth-order valence-electron chi connectivity index (χ4n) is 4.75. The van der Waals surface area contributed by atoms with E-state index < -0.39 is 0 Å². The molecular formula is C14H27N5. The van der Waals surface area contributed by atoms with E-state index in [0.717, 1.165) is 23.7 Å². The molecule has 5 heteroatoms. The van der Waals surface area contributed by atoms with Crippen LogP contribution in [-0.2, 0) is 0 Å². The summed E-state index contributed by atoms with van der Waals surface area (Å²) in [5, 5.41) is 0. The van der Waals surface area contributed by atoms with E-state index in [1.165, 1.54) is 32.1 Å². The third kappa shape index (κ3) is 2.14. The van der Waals surface area contributed by atoms with Crippen LogP contribution in [-0.4, -0.2) is 6.04 Å². The van der Waals surface area contributed by atoms with Gasteiger partial charge >= 0.3 is 0 Å². The van der Waals surface area contributed by atoms with E-state index in [-0.39, 0.29) is 0 Å². The molecule has 3 aliphatic rings. The van der Waals surface area contributed by atoms with E-state index in [2.05, 4.69) is 35.9 Å². The zero-order valence-electron chi connectivity index (χ0n) is 12.0. The maximum atomic E-state index is 5.23. The number of nitrogens with one attached hydrogen (secondary N) is 4. The van der Waals surface area contributed by atoms with Crippen molar-refractivity contribution in [1.82, 2.24) is 22.0 Å². The number of rotatable bonds is 6. The molecule has 5 nitrogen and oxygen atoms in total. The number of hydrogen-bond acceptors (Lipinski definition) is 5. The van der Waals surface area contributed by atoms with Gasteiger partial charge in [0.25, 0.3) is 0 Å². The third-order valence-electron chi connectivity index (χ3n) is 5.65. The zero-order valence-corrected chi connectivity index (χ0v) is 12.0. The van der Waals surface area contributed by atoms with Crippen molar-refractivity contribution < 1.29 is 0 Å². The van der Waals surface area contributed by atoms with Gasteiger partial charge in [-0.2, -0.15) is 16.6 Å². The van der Waals surface area contributed by atoms with Crippen LogP contribution in [0.5, 0.6) is 0 Å². The van der Waals surface area contributed by atoms with E-state index in [1.54, 1.807) is 11.1 Å². The van der Waals surface area contributed by atoms with Gasteiger partial charge < -0.3 is 0 Å². The molecule has 19 heavy (non-hydrogen) atoms. The normalized spacial score (nSPS) is 40.3. The van der Waals surface area contributed by atoms with E-state index in [9.17, 15) is 0 Å². The molecule has 3 rings (SSSR count). The van der Waals surface area contributed by atoms with Crippen molar-refractivity contribution in [3.05, 3.63) is 11.1 Å². The van der Waals surface area contributed by atoms with Crippen LogP contribution in [0.15, 0.2) is 11.1 Å². The smallest absolute Gasteiger partial charge is 0.0472 e. The van der Waals surface area contributed by atoms with Crippen molar-refractivity contribution in [3.63, 3.8) is 0 Å². The van der Waals surface area contributed by atoms with Crippen molar-refractivity contribution in [3.8, 4) is 0 Å². The van der Waals surface area contributed by atoms with E-state index in [0.29, 0.717) is 6.04 Å². The van der Waals surface area contributed by atoms with Crippen LogP contribution >= 0.6 is 0 Å². The molecule has 0 heterocycles. The Kier molecular flexibility index (Phi) is 3.91. The molecule has 0 aromatic carbocycles. The molecule has 0 aliphatic heterocycles. The van der Waals surface area contributed by atoms with Gasteiger partial charge in [-0.1, -0.05) is 24.5 Å². The molecular weight excluding hydrogens is 238 g/mol. The molecule has 0 bridgehead atoms. The van der Waals surface area contributed by atoms with Crippen LogP contribution < -0.4 is 27.9 Å². The number of hydrogen-bond donors (Lipinski definition) is 5. The predicted octanol–water partition coefficient (Wildman–Crippen LogP) is 1.12. The Morgan fingerprint density at radius 2 is 1.95 bits per heavy atom. The van der Waals surface area contributed by atoms with Crippen molar-refractivity contribution in [2.45, 2.75) is 52.0 Å². The molecule has 0 radical (unpaired) electrons. The molecule has 0 spiro atoms. The second-order valence-electron chi connectivity index (χ2n) is 6.42. The van der Waals surface area contributed by atoms with Crippen LogP contribution in [0, 0.1) is 23.7 Å². The fourth-order valence-corrected chi connectivity index (χ4v) is 4.75. The lowest BCUT2D eigenvalue weighted by molar-refractivity contribution is -0.121. The van der Waals surface area contributed by atoms with Crippen molar-refractivity contribution in [2.24, 2.45) is 29.5 Å². The minimum Gasteiger partial charge on any atom is -0.257 e. The van der Waals surface area contributed by atoms with Crippen LogP contribution in [0.3, 0.4) is 0 Å². The van der Waals surface area contributed by atoms with Gasteiger partial charge in [0.05, 0.1) is 0 Å². The minimum absolute atomic E-state index is 0.473. The van der Waals surface area contributed by atoms with Gasteiger partial charge in [0, 0.05) is 6.04 Å².